The quantitative estimate of drug-likeness (QED) is 0.588. The molecule has 1 aliphatic carbocycles. The first-order chi connectivity index (χ1) is 7.36. The molecule has 2 aliphatic heterocycles. The molecule has 0 N–H and O–H groups in total. The van der Waals surface area contributed by atoms with Gasteiger partial charge in [0.1, 0.15) is 24.4 Å². The minimum absolute atomic E-state index is 0.0197. The van der Waals surface area contributed by atoms with Crippen molar-refractivity contribution in [1.82, 2.24) is 0 Å². The van der Waals surface area contributed by atoms with Gasteiger partial charge < -0.3 is 18.9 Å². The normalized spacial score (nSPS) is 47.8. The van der Waals surface area contributed by atoms with Gasteiger partial charge in [-0.2, -0.15) is 0 Å². The fraction of sp³-hybridized carbons (Fsp3) is 0.833. The predicted octanol–water partition coefficient (Wildman–Crippen LogP) is 1.60. The predicted molar refractivity (Wildman–Crippen MR) is 56.8 cm³/mol. The standard InChI is InChI=1S/C12H18O4/c1-11(2)13-7-5-6-8-10(9(7)15-11)16-12(3,4)14-8/h5-10H,1-4H3. The van der Waals surface area contributed by atoms with Crippen LogP contribution in [0.3, 0.4) is 0 Å². The molecule has 0 aromatic heterocycles. The van der Waals surface area contributed by atoms with Gasteiger partial charge in [-0.1, -0.05) is 12.2 Å². The Morgan fingerprint density at radius 3 is 1.44 bits per heavy atom. The van der Waals surface area contributed by atoms with Crippen LogP contribution >= 0.6 is 0 Å². The van der Waals surface area contributed by atoms with E-state index in [0.29, 0.717) is 0 Å². The van der Waals surface area contributed by atoms with Crippen LogP contribution in [-0.4, -0.2) is 36.0 Å². The van der Waals surface area contributed by atoms with Crippen molar-refractivity contribution in [3.05, 3.63) is 12.2 Å². The summed E-state index contributed by atoms with van der Waals surface area (Å²) in [5.74, 6) is -1.07. The van der Waals surface area contributed by atoms with E-state index >= 15 is 0 Å². The second-order valence-electron chi connectivity index (χ2n) is 5.51. The van der Waals surface area contributed by atoms with Crippen LogP contribution in [-0.2, 0) is 18.9 Å². The number of hydrogen-bond acceptors (Lipinski definition) is 4. The zero-order valence-corrected chi connectivity index (χ0v) is 10.1. The Kier molecular flexibility index (Phi) is 2.06. The highest BCUT2D eigenvalue weighted by molar-refractivity contribution is 5.14. The van der Waals surface area contributed by atoms with Gasteiger partial charge in [-0.3, -0.25) is 0 Å². The van der Waals surface area contributed by atoms with Crippen LogP contribution in [0.2, 0.25) is 0 Å². The van der Waals surface area contributed by atoms with Gasteiger partial charge in [0.15, 0.2) is 11.6 Å². The molecule has 90 valence electrons. The van der Waals surface area contributed by atoms with Gasteiger partial charge >= 0.3 is 0 Å². The highest BCUT2D eigenvalue weighted by Crippen LogP contribution is 2.41. The largest absolute Gasteiger partial charge is 0.341 e. The van der Waals surface area contributed by atoms with Gasteiger partial charge in [0, 0.05) is 0 Å². The average molecular weight is 226 g/mol. The molecule has 2 fully saturated rings. The maximum atomic E-state index is 5.88. The maximum absolute atomic E-state index is 5.88. The smallest absolute Gasteiger partial charge is 0.164 e. The Balaban J connectivity index is 1.86. The lowest BCUT2D eigenvalue weighted by Crippen LogP contribution is -2.43. The maximum Gasteiger partial charge on any atom is 0.164 e. The molecule has 0 radical (unpaired) electrons. The van der Waals surface area contributed by atoms with E-state index < -0.39 is 11.6 Å². The third-order valence-electron chi connectivity index (χ3n) is 3.14. The summed E-state index contributed by atoms with van der Waals surface area (Å²) in [6.45, 7) is 7.70. The summed E-state index contributed by atoms with van der Waals surface area (Å²) in [6.07, 6.45) is 3.87. The summed E-state index contributed by atoms with van der Waals surface area (Å²) >= 11 is 0. The molecule has 4 atom stereocenters. The van der Waals surface area contributed by atoms with Gasteiger partial charge in [0.05, 0.1) is 0 Å². The van der Waals surface area contributed by atoms with E-state index in [4.69, 9.17) is 18.9 Å². The fourth-order valence-corrected chi connectivity index (χ4v) is 2.66. The first-order valence-corrected chi connectivity index (χ1v) is 5.76. The third-order valence-corrected chi connectivity index (χ3v) is 3.14. The molecule has 0 amide bonds. The van der Waals surface area contributed by atoms with Gasteiger partial charge in [-0.25, -0.2) is 0 Å². The molecule has 16 heavy (non-hydrogen) atoms. The van der Waals surface area contributed by atoms with E-state index in [1.807, 2.05) is 39.8 Å². The minimum Gasteiger partial charge on any atom is -0.341 e. The number of hydrogen-bond donors (Lipinski definition) is 0. The van der Waals surface area contributed by atoms with E-state index in [1.165, 1.54) is 0 Å². The van der Waals surface area contributed by atoms with Crippen LogP contribution in [0.15, 0.2) is 12.2 Å². The van der Waals surface area contributed by atoms with Crippen molar-refractivity contribution < 1.29 is 18.9 Å². The van der Waals surface area contributed by atoms with Crippen molar-refractivity contribution in [1.29, 1.82) is 0 Å². The van der Waals surface area contributed by atoms with Crippen molar-refractivity contribution in [2.45, 2.75) is 63.7 Å². The minimum atomic E-state index is -0.537. The zero-order valence-electron chi connectivity index (χ0n) is 10.1. The summed E-state index contributed by atoms with van der Waals surface area (Å²) in [5, 5.41) is 0. The average Bonchev–Trinajstić information content (AvgIpc) is 2.58. The summed E-state index contributed by atoms with van der Waals surface area (Å²) in [5.41, 5.74) is 0. The molecule has 0 bridgehead atoms. The topological polar surface area (TPSA) is 36.9 Å². The second-order valence-corrected chi connectivity index (χ2v) is 5.51. The van der Waals surface area contributed by atoms with E-state index in [9.17, 15) is 0 Å². The van der Waals surface area contributed by atoms with Crippen molar-refractivity contribution in [3.8, 4) is 0 Å². The lowest BCUT2D eigenvalue weighted by molar-refractivity contribution is -0.174. The Morgan fingerprint density at radius 1 is 0.688 bits per heavy atom. The van der Waals surface area contributed by atoms with Crippen LogP contribution in [0.25, 0.3) is 0 Å². The molecule has 4 heteroatoms. The molecule has 0 spiro atoms. The third kappa shape index (κ3) is 1.61. The van der Waals surface area contributed by atoms with E-state index in [2.05, 4.69) is 0 Å². The van der Waals surface area contributed by atoms with Gasteiger partial charge in [-0.05, 0) is 27.7 Å². The number of ether oxygens (including phenoxy) is 4. The first-order valence-electron chi connectivity index (χ1n) is 5.76. The van der Waals surface area contributed by atoms with Gasteiger partial charge in [-0.15, -0.1) is 0 Å². The van der Waals surface area contributed by atoms with E-state index in [-0.39, 0.29) is 24.4 Å². The van der Waals surface area contributed by atoms with Crippen molar-refractivity contribution in [2.75, 3.05) is 0 Å². The van der Waals surface area contributed by atoms with E-state index in [1.54, 1.807) is 0 Å². The van der Waals surface area contributed by atoms with Crippen molar-refractivity contribution >= 4 is 0 Å². The Bertz CT molecular complexity index is 302. The first kappa shape index (κ1) is 10.7. The molecule has 0 saturated carbocycles. The van der Waals surface area contributed by atoms with Gasteiger partial charge in [0.2, 0.25) is 0 Å². The molecule has 4 nitrogen and oxygen atoms in total. The monoisotopic (exact) mass is 226 g/mol. The van der Waals surface area contributed by atoms with Crippen molar-refractivity contribution in [3.63, 3.8) is 0 Å². The van der Waals surface area contributed by atoms with Crippen LogP contribution in [0, 0.1) is 0 Å². The Morgan fingerprint density at radius 2 is 1.06 bits per heavy atom. The highest BCUT2D eigenvalue weighted by Gasteiger charge is 2.54. The summed E-state index contributed by atoms with van der Waals surface area (Å²) < 4.78 is 23.3. The lowest BCUT2D eigenvalue weighted by atomic mass is 9.97. The molecule has 3 rings (SSSR count). The van der Waals surface area contributed by atoms with Crippen LogP contribution < -0.4 is 0 Å². The second kappa shape index (κ2) is 3.07. The molecular weight excluding hydrogens is 208 g/mol. The van der Waals surface area contributed by atoms with Crippen molar-refractivity contribution in [2.24, 2.45) is 0 Å². The van der Waals surface area contributed by atoms with Crippen LogP contribution in [0.4, 0.5) is 0 Å². The molecule has 2 heterocycles. The molecular formula is C12H18O4. The Labute approximate surface area is 95.5 Å². The fourth-order valence-electron chi connectivity index (χ4n) is 2.66. The SMILES string of the molecule is CC1(C)OC2C=CC3OC(C)(C)OC3C2O1. The molecule has 4 unspecified atom stereocenters. The molecule has 2 saturated heterocycles. The Hall–Kier alpha value is -0.420. The molecule has 0 aromatic rings. The zero-order chi connectivity index (χ0) is 11.6. The number of rotatable bonds is 0. The summed E-state index contributed by atoms with van der Waals surface area (Å²) in [4.78, 5) is 0. The summed E-state index contributed by atoms with van der Waals surface area (Å²) in [7, 11) is 0. The summed E-state index contributed by atoms with van der Waals surface area (Å²) in [6, 6.07) is 0. The molecule has 3 aliphatic rings. The van der Waals surface area contributed by atoms with E-state index in [0.717, 1.165) is 0 Å². The molecule has 0 aromatic carbocycles. The highest BCUT2D eigenvalue weighted by atomic mass is 16.8. The van der Waals surface area contributed by atoms with Crippen LogP contribution in [0.1, 0.15) is 27.7 Å². The lowest BCUT2D eigenvalue weighted by Gasteiger charge is -2.26. The van der Waals surface area contributed by atoms with Crippen LogP contribution in [0.5, 0.6) is 0 Å². The number of fused-ring (bicyclic) bond motifs is 3. The van der Waals surface area contributed by atoms with Gasteiger partial charge in [0.25, 0.3) is 0 Å².